The zero-order valence-electron chi connectivity index (χ0n) is 16.5. The molecule has 1 aliphatic rings. The third kappa shape index (κ3) is 4.03. The summed E-state index contributed by atoms with van der Waals surface area (Å²) in [4.78, 5) is 29.6. The highest BCUT2D eigenvalue weighted by Crippen LogP contribution is 2.42. The van der Waals surface area contributed by atoms with Gasteiger partial charge in [0, 0.05) is 12.1 Å². The lowest BCUT2D eigenvalue weighted by Gasteiger charge is -2.28. The van der Waals surface area contributed by atoms with Crippen molar-refractivity contribution < 1.29 is 9.59 Å². The topological polar surface area (TPSA) is 71.1 Å². The van der Waals surface area contributed by atoms with Crippen molar-refractivity contribution in [3.63, 3.8) is 0 Å². The lowest BCUT2D eigenvalue weighted by Crippen LogP contribution is -2.37. The molecule has 0 atom stereocenters. The molecule has 0 bridgehead atoms. The Labute approximate surface area is 174 Å². The molecule has 5 nitrogen and oxygen atoms in total. The quantitative estimate of drug-likeness (QED) is 0.568. The molecule has 1 aromatic heterocycles. The molecule has 3 aromatic rings. The number of carbonyl (C=O) groups is 2. The maximum absolute atomic E-state index is 13.3. The molecule has 1 aliphatic carbocycles. The molecule has 0 aliphatic heterocycles. The van der Waals surface area contributed by atoms with Crippen molar-refractivity contribution >= 4 is 44.2 Å². The molecule has 0 saturated heterocycles. The zero-order valence-corrected chi connectivity index (χ0v) is 17.3. The second-order valence-corrected chi connectivity index (χ2v) is 8.64. The molecule has 0 radical (unpaired) electrons. The molecule has 0 unspecified atom stereocenters. The number of hydrogen-bond donors (Lipinski definition) is 2. The Morgan fingerprint density at radius 1 is 1.07 bits per heavy atom. The number of carbonyl (C=O) groups excluding carboxylic acids is 2. The first-order chi connectivity index (χ1) is 14.1. The van der Waals surface area contributed by atoms with Gasteiger partial charge in [-0.1, -0.05) is 61.4 Å². The normalized spacial score (nSPS) is 15.3. The van der Waals surface area contributed by atoms with Gasteiger partial charge in [0.25, 0.3) is 0 Å². The van der Waals surface area contributed by atoms with E-state index < -0.39 is 5.41 Å². The van der Waals surface area contributed by atoms with E-state index >= 15 is 0 Å². The van der Waals surface area contributed by atoms with Crippen LogP contribution in [0.25, 0.3) is 10.2 Å². The minimum absolute atomic E-state index is 0.0221. The summed E-state index contributed by atoms with van der Waals surface area (Å²) in [6, 6.07) is 15.8. The minimum Gasteiger partial charge on any atom is -0.325 e. The Morgan fingerprint density at radius 2 is 1.83 bits per heavy atom. The first-order valence-electron chi connectivity index (χ1n) is 10.2. The molecule has 2 aromatic carbocycles. The third-order valence-corrected chi connectivity index (χ3v) is 6.52. The van der Waals surface area contributed by atoms with E-state index in [0.717, 1.165) is 53.6 Å². The molecule has 4 rings (SSSR count). The van der Waals surface area contributed by atoms with E-state index in [4.69, 9.17) is 0 Å². The largest absolute Gasteiger partial charge is 0.325 e. The number of nitrogens with one attached hydrogen (secondary N) is 2. The summed E-state index contributed by atoms with van der Waals surface area (Å²) in [7, 11) is 0. The first-order valence-corrected chi connectivity index (χ1v) is 11.0. The van der Waals surface area contributed by atoms with Crippen LogP contribution in [0, 0.1) is 0 Å². The Bertz CT molecular complexity index is 1020. The fraction of sp³-hybridized carbons (Fsp3) is 0.348. The van der Waals surface area contributed by atoms with E-state index in [0.29, 0.717) is 11.6 Å². The summed E-state index contributed by atoms with van der Waals surface area (Å²) >= 11 is 1.43. The van der Waals surface area contributed by atoms with Crippen LogP contribution in [0.15, 0.2) is 48.5 Å². The number of nitrogens with zero attached hydrogens (tertiary/aromatic N) is 1. The van der Waals surface area contributed by atoms with E-state index in [1.807, 2.05) is 43.3 Å². The van der Waals surface area contributed by atoms with Crippen molar-refractivity contribution in [1.82, 2.24) is 4.98 Å². The Hall–Kier alpha value is -2.73. The molecule has 0 spiro atoms. The second-order valence-electron chi connectivity index (χ2n) is 7.61. The fourth-order valence-corrected chi connectivity index (χ4v) is 5.02. The number of aromatic nitrogens is 1. The van der Waals surface area contributed by atoms with Crippen molar-refractivity contribution in [2.45, 2.75) is 50.9 Å². The van der Waals surface area contributed by atoms with Gasteiger partial charge in [-0.25, -0.2) is 4.98 Å². The molecular weight excluding hydrogens is 382 g/mol. The standard InChI is InChI=1S/C23H25N3O2S/c1-2-8-20(27)26-22-25-18-12-11-17(15-19(18)29-22)24-21(28)23(13-6-7-14-23)16-9-4-3-5-10-16/h3-5,9-12,15H,2,6-8,13-14H2,1H3,(H,24,28)(H,25,26,27). The van der Waals surface area contributed by atoms with Crippen LogP contribution in [-0.4, -0.2) is 16.8 Å². The molecule has 1 fully saturated rings. The molecule has 2 amide bonds. The Morgan fingerprint density at radius 3 is 2.55 bits per heavy atom. The highest BCUT2D eigenvalue weighted by molar-refractivity contribution is 7.22. The monoisotopic (exact) mass is 407 g/mol. The van der Waals surface area contributed by atoms with Crippen molar-refractivity contribution in [2.75, 3.05) is 10.6 Å². The predicted molar refractivity (Wildman–Crippen MR) is 118 cm³/mol. The number of hydrogen-bond acceptors (Lipinski definition) is 4. The van der Waals surface area contributed by atoms with Gasteiger partial charge < -0.3 is 10.6 Å². The van der Waals surface area contributed by atoms with E-state index in [2.05, 4.69) is 27.8 Å². The highest BCUT2D eigenvalue weighted by atomic mass is 32.1. The van der Waals surface area contributed by atoms with Crippen molar-refractivity contribution in [1.29, 1.82) is 0 Å². The summed E-state index contributed by atoms with van der Waals surface area (Å²) in [5, 5.41) is 6.58. The van der Waals surface area contributed by atoms with Gasteiger partial charge in [-0.15, -0.1) is 0 Å². The summed E-state index contributed by atoms with van der Waals surface area (Å²) in [5.41, 5.74) is 2.22. The van der Waals surface area contributed by atoms with Gasteiger partial charge in [-0.3, -0.25) is 9.59 Å². The average Bonchev–Trinajstić information content (AvgIpc) is 3.36. The summed E-state index contributed by atoms with van der Waals surface area (Å²) in [6.07, 6.45) is 5.17. The smallest absolute Gasteiger partial charge is 0.235 e. The van der Waals surface area contributed by atoms with Crippen molar-refractivity contribution in [3.05, 3.63) is 54.1 Å². The third-order valence-electron chi connectivity index (χ3n) is 5.59. The average molecular weight is 408 g/mol. The minimum atomic E-state index is -0.455. The number of amides is 2. The number of fused-ring (bicyclic) bond motifs is 1. The number of rotatable bonds is 6. The van der Waals surface area contributed by atoms with Gasteiger partial charge in [-0.2, -0.15) is 0 Å². The lowest BCUT2D eigenvalue weighted by atomic mass is 9.78. The van der Waals surface area contributed by atoms with Gasteiger partial charge >= 0.3 is 0 Å². The van der Waals surface area contributed by atoms with Gasteiger partial charge in [-0.05, 0) is 43.0 Å². The summed E-state index contributed by atoms with van der Waals surface area (Å²) < 4.78 is 0.940. The van der Waals surface area contributed by atoms with Gasteiger partial charge in [0.2, 0.25) is 11.8 Å². The molecule has 150 valence electrons. The molecule has 1 heterocycles. The van der Waals surface area contributed by atoms with Crippen LogP contribution < -0.4 is 10.6 Å². The van der Waals surface area contributed by atoms with E-state index in [1.165, 1.54) is 11.3 Å². The van der Waals surface area contributed by atoms with Crippen LogP contribution in [0.5, 0.6) is 0 Å². The van der Waals surface area contributed by atoms with Gasteiger partial charge in [0.15, 0.2) is 5.13 Å². The first kappa shape index (κ1) is 19.6. The maximum Gasteiger partial charge on any atom is 0.235 e. The van der Waals surface area contributed by atoms with Gasteiger partial charge in [0.1, 0.15) is 0 Å². The molecule has 29 heavy (non-hydrogen) atoms. The van der Waals surface area contributed by atoms with E-state index in [1.54, 1.807) is 0 Å². The predicted octanol–water partition coefficient (Wildman–Crippen LogP) is 5.49. The van der Waals surface area contributed by atoms with E-state index in [9.17, 15) is 9.59 Å². The summed E-state index contributed by atoms with van der Waals surface area (Å²) in [6.45, 7) is 1.97. The van der Waals surface area contributed by atoms with E-state index in [-0.39, 0.29) is 11.8 Å². The highest BCUT2D eigenvalue weighted by Gasteiger charge is 2.42. The second kappa shape index (κ2) is 8.33. The number of benzene rings is 2. The zero-order chi connectivity index (χ0) is 20.3. The maximum atomic E-state index is 13.3. The molecule has 6 heteroatoms. The lowest BCUT2D eigenvalue weighted by molar-refractivity contribution is -0.121. The van der Waals surface area contributed by atoms with Crippen LogP contribution in [0.1, 0.15) is 51.0 Å². The molecule has 2 N–H and O–H groups in total. The molecule has 1 saturated carbocycles. The van der Waals surface area contributed by atoms with Crippen LogP contribution in [0.4, 0.5) is 10.8 Å². The van der Waals surface area contributed by atoms with Crippen molar-refractivity contribution in [3.8, 4) is 0 Å². The number of thiazole rings is 1. The van der Waals surface area contributed by atoms with Crippen LogP contribution in [-0.2, 0) is 15.0 Å². The Balaban J connectivity index is 1.55. The summed E-state index contributed by atoms with van der Waals surface area (Å²) in [5.74, 6) is 0.0349. The number of anilines is 2. The van der Waals surface area contributed by atoms with Gasteiger partial charge in [0.05, 0.1) is 15.6 Å². The van der Waals surface area contributed by atoms with Crippen LogP contribution in [0.3, 0.4) is 0 Å². The van der Waals surface area contributed by atoms with Crippen molar-refractivity contribution in [2.24, 2.45) is 0 Å². The van der Waals surface area contributed by atoms with Crippen LogP contribution in [0.2, 0.25) is 0 Å². The Kier molecular flexibility index (Phi) is 5.62. The SMILES string of the molecule is CCCC(=O)Nc1nc2ccc(NC(=O)C3(c4ccccc4)CCCC3)cc2s1. The van der Waals surface area contributed by atoms with Crippen LogP contribution >= 0.6 is 11.3 Å². The fourth-order valence-electron chi connectivity index (χ4n) is 4.10. The molecular formula is C23H25N3O2S.